The first kappa shape index (κ1) is 9.31. The van der Waals surface area contributed by atoms with Crippen LogP contribution in [0, 0.1) is 0 Å². The molecule has 0 unspecified atom stereocenters. The van der Waals surface area contributed by atoms with E-state index in [1.807, 2.05) is 0 Å². The lowest BCUT2D eigenvalue weighted by Gasteiger charge is -2.14. The zero-order chi connectivity index (χ0) is 4.50. The fourth-order valence-electron chi connectivity index (χ4n) is 0. The Hall–Kier alpha value is -0.110. The van der Waals surface area contributed by atoms with Gasteiger partial charge in [-0.25, -0.2) is 0 Å². The quantitative estimate of drug-likeness (QED) is 0.383. The second-order valence-corrected chi connectivity index (χ2v) is 2.68. The maximum atomic E-state index is 2.12. The molecule has 0 aliphatic rings. The Morgan fingerprint density at radius 3 is 0.833 bits per heavy atom. The van der Waals surface area contributed by atoms with Crippen molar-refractivity contribution in [3.63, 3.8) is 0 Å². The van der Waals surface area contributed by atoms with Gasteiger partial charge in [-0.3, -0.25) is 4.70 Å². The number of hydrogen-bond acceptors (Lipinski definition) is 0. The third kappa shape index (κ3) is 2690. The van der Waals surface area contributed by atoms with Crippen LogP contribution in [0.2, 0.25) is 0 Å². The molecule has 0 aliphatic heterocycles. The van der Waals surface area contributed by atoms with Crippen molar-refractivity contribution in [2.75, 3.05) is 28.2 Å². The zero-order valence-electron chi connectivity index (χ0n) is 4.86. The molecule has 0 saturated heterocycles. The van der Waals surface area contributed by atoms with Gasteiger partial charge in [0.05, 0.1) is 28.2 Å². The number of nitrogens with zero attached hydrogens (tertiary/aromatic N) is 1. The molecule has 0 bridgehead atoms. The first-order chi connectivity index (χ1) is 2.00. The van der Waals surface area contributed by atoms with Gasteiger partial charge in [0, 0.05) is 0 Å². The van der Waals surface area contributed by atoms with E-state index >= 15 is 0 Å². The van der Waals surface area contributed by atoms with Gasteiger partial charge in [-0.15, -0.1) is 0 Å². The van der Waals surface area contributed by atoms with Crippen LogP contribution in [0.1, 0.15) is 0 Å². The standard InChI is InChI=1S/C4H12N.FH/c1-5(2,3)4;/h1-4H3;1H/q+1;. The van der Waals surface area contributed by atoms with Gasteiger partial charge in [0.25, 0.3) is 0 Å². The molecule has 0 amide bonds. The molecule has 0 aromatic rings. The number of rotatable bonds is 0. The van der Waals surface area contributed by atoms with Crippen LogP contribution in [-0.4, -0.2) is 32.7 Å². The first-order valence-corrected chi connectivity index (χ1v) is 1.79. The van der Waals surface area contributed by atoms with E-state index in [4.69, 9.17) is 0 Å². The Labute approximate surface area is 38.5 Å². The Morgan fingerprint density at radius 1 is 0.833 bits per heavy atom. The largest absolute Gasteiger partial charge is 0.333 e. The maximum Gasteiger partial charge on any atom is 0.0675 e. The fourth-order valence-corrected chi connectivity index (χ4v) is 0. The second-order valence-electron chi connectivity index (χ2n) is 2.68. The van der Waals surface area contributed by atoms with E-state index in [1.54, 1.807) is 0 Å². The molecule has 0 spiro atoms. The molecule has 6 heavy (non-hydrogen) atoms. The highest BCUT2D eigenvalue weighted by Crippen LogP contribution is 1.73. The second kappa shape index (κ2) is 2.13. The monoisotopic (exact) mass is 94.1 g/mol. The van der Waals surface area contributed by atoms with E-state index in [-0.39, 0.29) is 4.70 Å². The average molecular weight is 94.2 g/mol. The molecule has 1 nitrogen and oxygen atoms in total. The summed E-state index contributed by atoms with van der Waals surface area (Å²) < 4.78 is 1.00. The molecule has 0 saturated carbocycles. The zero-order valence-corrected chi connectivity index (χ0v) is 4.86. The van der Waals surface area contributed by atoms with Crippen molar-refractivity contribution in [3.05, 3.63) is 0 Å². The molecule has 0 heterocycles. The molecule has 40 valence electrons. The summed E-state index contributed by atoms with van der Waals surface area (Å²) in [6, 6.07) is 0. The van der Waals surface area contributed by atoms with Crippen molar-refractivity contribution in [1.29, 1.82) is 0 Å². The summed E-state index contributed by atoms with van der Waals surface area (Å²) in [4.78, 5) is 0. The van der Waals surface area contributed by atoms with Gasteiger partial charge in [-0.05, 0) is 0 Å². The summed E-state index contributed by atoms with van der Waals surface area (Å²) in [5.74, 6) is 0. The molecular weight excluding hydrogens is 81.0 g/mol. The molecule has 0 rings (SSSR count). The molecule has 0 aliphatic carbocycles. The van der Waals surface area contributed by atoms with Crippen molar-refractivity contribution in [3.8, 4) is 0 Å². The number of halogens is 1. The van der Waals surface area contributed by atoms with Crippen molar-refractivity contribution in [2.45, 2.75) is 0 Å². The third-order valence-electron chi connectivity index (χ3n) is 0. The van der Waals surface area contributed by atoms with E-state index in [2.05, 4.69) is 28.2 Å². The highest BCUT2D eigenvalue weighted by atomic mass is 19.0. The highest BCUT2D eigenvalue weighted by Gasteiger charge is 1.88. The molecule has 0 atom stereocenters. The SMILES string of the molecule is C[N+](C)(C)C.F. The summed E-state index contributed by atoms with van der Waals surface area (Å²) in [6.07, 6.45) is 0. The van der Waals surface area contributed by atoms with Gasteiger partial charge in [-0.1, -0.05) is 0 Å². The lowest BCUT2D eigenvalue weighted by Crippen LogP contribution is -2.27. The molecule has 0 N–H and O–H groups in total. The minimum Gasteiger partial charge on any atom is -0.333 e. The van der Waals surface area contributed by atoms with Crippen molar-refractivity contribution in [2.24, 2.45) is 0 Å². The van der Waals surface area contributed by atoms with Gasteiger partial charge in [0.15, 0.2) is 0 Å². The van der Waals surface area contributed by atoms with E-state index in [9.17, 15) is 0 Å². The molecule has 0 aromatic carbocycles. The van der Waals surface area contributed by atoms with Crippen molar-refractivity contribution in [1.82, 2.24) is 0 Å². The maximum absolute atomic E-state index is 2.12. The van der Waals surface area contributed by atoms with Crippen molar-refractivity contribution < 1.29 is 9.19 Å². The average Bonchev–Trinajstić information content (AvgIpc) is 0.722. The summed E-state index contributed by atoms with van der Waals surface area (Å²) in [5, 5.41) is 0. The highest BCUT2D eigenvalue weighted by molar-refractivity contribution is 3.87. The topological polar surface area (TPSA) is 0 Å². The van der Waals surface area contributed by atoms with Gasteiger partial charge < -0.3 is 4.48 Å². The molecule has 2 heteroatoms. The Kier molecular flexibility index (Phi) is 3.31. The van der Waals surface area contributed by atoms with Gasteiger partial charge in [0.1, 0.15) is 0 Å². The van der Waals surface area contributed by atoms with E-state index < -0.39 is 0 Å². The van der Waals surface area contributed by atoms with Gasteiger partial charge >= 0.3 is 0 Å². The Morgan fingerprint density at radius 2 is 0.833 bits per heavy atom. The first-order valence-electron chi connectivity index (χ1n) is 1.79. The summed E-state index contributed by atoms with van der Waals surface area (Å²) >= 11 is 0. The molecule has 0 fully saturated rings. The van der Waals surface area contributed by atoms with Gasteiger partial charge in [0.2, 0.25) is 0 Å². The lowest BCUT2D eigenvalue weighted by molar-refractivity contribution is -0.849. The van der Waals surface area contributed by atoms with Crippen LogP contribution in [0.25, 0.3) is 0 Å². The van der Waals surface area contributed by atoms with Crippen LogP contribution < -0.4 is 0 Å². The molecular formula is C4H13FN+. The van der Waals surface area contributed by atoms with E-state index in [0.29, 0.717) is 0 Å². The third-order valence-corrected chi connectivity index (χ3v) is 0. The van der Waals surface area contributed by atoms with Crippen LogP contribution in [0.15, 0.2) is 0 Å². The molecule has 0 aromatic heterocycles. The van der Waals surface area contributed by atoms with Crippen LogP contribution in [0.5, 0.6) is 0 Å². The van der Waals surface area contributed by atoms with E-state index in [0.717, 1.165) is 4.48 Å². The predicted octanol–water partition coefficient (Wildman–Crippen LogP) is 0.475. The smallest absolute Gasteiger partial charge is 0.0675 e. The van der Waals surface area contributed by atoms with E-state index in [1.165, 1.54) is 0 Å². The summed E-state index contributed by atoms with van der Waals surface area (Å²) in [6.45, 7) is 0. The molecule has 0 radical (unpaired) electrons. The van der Waals surface area contributed by atoms with Crippen LogP contribution in [-0.2, 0) is 0 Å². The number of quaternary nitrogens is 1. The van der Waals surface area contributed by atoms with Crippen molar-refractivity contribution >= 4 is 0 Å². The number of hydrogen-bond donors (Lipinski definition) is 0. The van der Waals surface area contributed by atoms with Crippen LogP contribution >= 0.6 is 0 Å². The van der Waals surface area contributed by atoms with Crippen LogP contribution in [0.3, 0.4) is 0 Å². The predicted molar refractivity (Wildman–Crippen MR) is 26.5 cm³/mol. The normalized spacial score (nSPS) is 10.0. The Bertz CT molecular complexity index is 23.0. The Balaban J connectivity index is 0. The minimum atomic E-state index is 0. The fraction of sp³-hybridized carbons (Fsp3) is 1.00. The minimum absolute atomic E-state index is 0. The summed E-state index contributed by atoms with van der Waals surface area (Å²) in [5.41, 5.74) is 0. The lowest BCUT2D eigenvalue weighted by atomic mass is 10.8. The summed E-state index contributed by atoms with van der Waals surface area (Å²) in [7, 11) is 8.50. The van der Waals surface area contributed by atoms with Crippen LogP contribution in [0.4, 0.5) is 4.70 Å². The van der Waals surface area contributed by atoms with Gasteiger partial charge in [-0.2, -0.15) is 0 Å².